The number of carbonyl (C=O) groups is 1. The number of aryl methyl sites for hydroxylation is 2. The molecule has 0 aliphatic heterocycles. The zero-order valence-electron chi connectivity index (χ0n) is 9.93. The highest BCUT2D eigenvalue weighted by Crippen LogP contribution is 2.07. The maximum absolute atomic E-state index is 12.0. The molecule has 2 aromatic rings. The third-order valence-corrected chi connectivity index (χ3v) is 2.60. The average molecular weight is 295 g/mol. The summed E-state index contributed by atoms with van der Waals surface area (Å²) in [7, 11) is 1.94. The topological polar surface area (TPSA) is 25.9 Å². The van der Waals surface area contributed by atoms with Crippen LogP contribution in [0.2, 0.25) is 0 Å². The second-order valence-corrected chi connectivity index (χ2v) is 3.99. The molecule has 3 nitrogen and oxygen atoms in total. The van der Waals surface area contributed by atoms with Gasteiger partial charge in [-0.2, -0.15) is 0 Å². The molecule has 0 atom stereocenters. The van der Waals surface area contributed by atoms with Gasteiger partial charge < -0.3 is 17.0 Å². The third kappa shape index (κ3) is 3.27. The molecular weight excluding hydrogens is 280 g/mol. The lowest BCUT2D eigenvalue weighted by molar-refractivity contribution is -0.682. The number of ketones is 1. The predicted octanol–water partition coefficient (Wildman–Crippen LogP) is -1.49. The van der Waals surface area contributed by atoms with E-state index < -0.39 is 0 Å². The minimum atomic E-state index is 0. The van der Waals surface area contributed by atoms with Crippen molar-refractivity contribution in [2.45, 2.75) is 13.5 Å². The molecule has 90 valence electrons. The summed E-state index contributed by atoms with van der Waals surface area (Å²) in [6.45, 7) is 2.36. The molecule has 17 heavy (non-hydrogen) atoms. The number of nitrogens with zero attached hydrogens (tertiary/aromatic N) is 2. The van der Waals surface area contributed by atoms with E-state index in [-0.39, 0.29) is 22.8 Å². The molecule has 1 aromatic heterocycles. The van der Waals surface area contributed by atoms with Gasteiger partial charge in [0.25, 0.3) is 0 Å². The number of rotatable bonds is 3. The Morgan fingerprint density at radius 2 is 2.06 bits per heavy atom. The fourth-order valence-electron chi connectivity index (χ4n) is 1.73. The lowest BCUT2D eigenvalue weighted by Gasteiger charge is -2.02. The minimum absolute atomic E-state index is 0. The van der Waals surface area contributed by atoms with E-state index in [2.05, 4.69) is 0 Å². The van der Waals surface area contributed by atoms with Gasteiger partial charge in [0.2, 0.25) is 12.1 Å². The van der Waals surface area contributed by atoms with Crippen LogP contribution in [0.1, 0.15) is 15.9 Å². The van der Waals surface area contributed by atoms with Crippen LogP contribution in [0.4, 0.5) is 0 Å². The van der Waals surface area contributed by atoms with E-state index in [0.29, 0.717) is 6.54 Å². The molecule has 2 rings (SSSR count). The Morgan fingerprint density at radius 3 is 2.65 bits per heavy atom. The van der Waals surface area contributed by atoms with Crippen LogP contribution < -0.4 is 21.5 Å². The maximum atomic E-state index is 12.0. The van der Waals surface area contributed by atoms with E-state index in [4.69, 9.17) is 0 Å². The number of benzene rings is 1. The van der Waals surface area contributed by atoms with Gasteiger partial charge in [-0.15, -0.1) is 0 Å². The Hall–Kier alpha value is -1.42. The van der Waals surface area contributed by atoms with Crippen molar-refractivity contribution >= 4 is 5.78 Å². The second-order valence-electron chi connectivity index (χ2n) is 3.99. The summed E-state index contributed by atoms with van der Waals surface area (Å²) < 4.78 is 3.81. The number of carbonyl (C=O) groups excluding carboxylic acids is 1. The lowest BCUT2D eigenvalue weighted by atomic mass is 10.1. The first-order chi connectivity index (χ1) is 7.66. The number of hydrogen-bond donors (Lipinski definition) is 0. The van der Waals surface area contributed by atoms with Crippen molar-refractivity contribution in [1.29, 1.82) is 0 Å². The van der Waals surface area contributed by atoms with E-state index in [9.17, 15) is 4.79 Å². The van der Waals surface area contributed by atoms with Gasteiger partial charge in [0, 0.05) is 5.56 Å². The van der Waals surface area contributed by atoms with Crippen LogP contribution in [0, 0.1) is 6.92 Å². The Labute approximate surface area is 111 Å². The zero-order chi connectivity index (χ0) is 11.5. The molecule has 0 N–H and O–H groups in total. The summed E-state index contributed by atoms with van der Waals surface area (Å²) in [5.41, 5.74) is 1.84. The van der Waals surface area contributed by atoms with Crippen LogP contribution in [0.25, 0.3) is 0 Å². The van der Waals surface area contributed by atoms with Gasteiger partial charge in [-0.1, -0.05) is 24.3 Å². The van der Waals surface area contributed by atoms with Gasteiger partial charge in [0.15, 0.2) is 6.54 Å². The molecule has 0 fully saturated rings. The van der Waals surface area contributed by atoms with Crippen molar-refractivity contribution in [3.63, 3.8) is 0 Å². The lowest BCUT2D eigenvalue weighted by Crippen LogP contribution is -3.00. The van der Waals surface area contributed by atoms with Crippen LogP contribution in [0.3, 0.4) is 0 Å². The van der Waals surface area contributed by atoms with Crippen molar-refractivity contribution in [2.24, 2.45) is 7.05 Å². The summed E-state index contributed by atoms with van der Waals surface area (Å²) in [5.74, 6) is 0.148. The molecule has 0 saturated heterocycles. The first kappa shape index (κ1) is 13.6. The highest BCUT2D eigenvalue weighted by atomic mass is 79.9. The van der Waals surface area contributed by atoms with Crippen LogP contribution in [-0.2, 0) is 13.6 Å². The largest absolute Gasteiger partial charge is 1.00 e. The molecule has 0 saturated carbocycles. The van der Waals surface area contributed by atoms with Crippen LogP contribution >= 0.6 is 0 Å². The number of imidazole rings is 1. The van der Waals surface area contributed by atoms with E-state index in [1.807, 2.05) is 66.1 Å². The fourth-order valence-corrected chi connectivity index (χ4v) is 1.73. The Kier molecular flexibility index (Phi) is 4.63. The van der Waals surface area contributed by atoms with E-state index in [1.54, 1.807) is 0 Å². The van der Waals surface area contributed by atoms with Gasteiger partial charge >= 0.3 is 0 Å². The summed E-state index contributed by atoms with van der Waals surface area (Å²) in [6.07, 6.45) is 5.72. The van der Waals surface area contributed by atoms with Crippen LogP contribution in [-0.4, -0.2) is 10.4 Å². The summed E-state index contributed by atoms with van der Waals surface area (Å²) in [6, 6.07) is 7.68. The van der Waals surface area contributed by atoms with Gasteiger partial charge in [0.1, 0.15) is 12.4 Å². The third-order valence-electron chi connectivity index (χ3n) is 2.60. The molecular formula is C13H15BrN2O. The first-order valence-corrected chi connectivity index (χ1v) is 5.26. The van der Waals surface area contributed by atoms with Gasteiger partial charge in [-0.3, -0.25) is 4.79 Å². The summed E-state index contributed by atoms with van der Waals surface area (Å²) >= 11 is 0. The van der Waals surface area contributed by atoms with Crippen molar-refractivity contribution in [3.05, 3.63) is 54.1 Å². The quantitative estimate of drug-likeness (QED) is 0.500. The standard InChI is InChI=1S/C13H15N2O.BrH/c1-11-5-3-4-6-12(11)13(16)9-15-8-7-14(2)10-15;/h3-8,10H,9H2,1-2H3;1H/q+1;/p-1. The minimum Gasteiger partial charge on any atom is -1.00 e. The predicted molar refractivity (Wildman–Crippen MR) is 61.1 cm³/mol. The summed E-state index contributed by atoms with van der Waals surface area (Å²) in [4.78, 5) is 12.0. The van der Waals surface area contributed by atoms with Crippen molar-refractivity contribution in [2.75, 3.05) is 0 Å². The van der Waals surface area contributed by atoms with E-state index >= 15 is 0 Å². The smallest absolute Gasteiger partial charge is 0.243 e. The number of halogens is 1. The molecule has 1 aromatic carbocycles. The SMILES string of the molecule is Cc1ccccc1C(=O)C[n+]1ccn(C)c1.[Br-]. The normalized spacial score (nSPS) is 9.76. The van der Waals surface area contributed by atoms with Crippen molar-refractivity contribution < 1.29 is 26.3 Å². The highest BCUT2D eigenvalue weighted by Gasteiger charge is 2.12. The van der Waals surface area contributed by atoms with Crippen molar-refractivity contribution in [1.82, 2.24) is 4.57 Å². The first-order valence-electron chi connectivity index (χ1n) is 5.26. The number of Topliss-reactive ketones (excluding diaryl/α,β-unsaturated/α-hetero) is 1. The van der Waals surface area contributed by atoms with Crippen LogP contribution in [0.15, 0.2) is 43.0 Å². The van der Waals surface area contributed by atoms with Gasteiger partial charge in [0.05, 0.1) is 7.05 Å². The molecule has 1 heterocycles. The fraction of sp³-hybridized carbons (Fsp3) is 0.231. The van der Waals surface area contributed by atoms with Gasteiger partial charge in [-0.25, -0.2) is 9.13 Å². The van der Waals surface area contributed by atoms with Crippen molar-refractivity contribution in [3.8, 4) is 0 Å². The molecule has 0 aliphatic rings. The molecule has 0 amide bonds. The Morgan fingerprint density at radius 1 is 1.35 bits per heavy atom. The Bertz CT molecular complexity index is 520. The summed E-state index contributed by atoms with van der Waals surface area (Å²) in [5, 5.41) is 0. The maximum Gasteiger partial charge on any atom is 0.243 e. The monoisotopic (exact) mass is 294 g/mol. The molecule has 0 aliphatic carbocycles. The molecule has 4 heteroatoms. The van der Waals surface area contributed by atoms with Crippen LogP contribution in [0.5, 0.6) is 0 Å². The molecule has 0 spiro atoms. The van der Waals surface area contributed by atoms with E-state index in [1.165, 1.54) is 0 Å². The molecule has 0 unspecified atom stereocenters. The highest BCUT2D eigenvalue weighted by molar-refractivity contribution is 5.96. The Balaban J connectivity index is 0.00000144. The number of aromatic nitrogens is 2. The molecule has 0 bridgehead atoms. The van der Waals surface area contributed by atoms with Gasteiger partial charge in [-0.05, 0) is 12.5 Å². The van der Waals surface area contributed by atoms with E-state index in [0.717, 1.165) is 11.1 Å². The number of hydrogen-bond acceptors (Lipinski definition) is 1. The zero-order valence-corrected chi connectivity index (χ0v) is 11.5. The average Bonchev–Trinajstić information content (AvgIpc) is 2.64. The molecule has 0 radical (unpaired) electrons. The second kappa shape index (κ2) is 5.77.